The molecule has 0 spiro atoms. The van der Waals surface area contributed by atoms with Gasteiger partial charge in [0.05, 0.1) is 39.6 Å². The molecule has 1 saturated carbocycles. The van der Waals surface area contributed by atoms with Gasteiger partial charge in [0, 0.05) is 19.1 Å². The van der Waals surface area contributed by atoms with E-state index in [0.29, 0.717) is 24.9 Å². The van der Waals surface area contributed by atoms with Crippen LogP contribution in [0, 0.1) is 0 Å². The summed E-state index contributed by atoms with van der Waals surface area (Å²) in [6.45, 7) is 3.57. The fraction of sp³-hybridized carbons (Fsp3) is 0.556. The fourth-order valence-electron chi connectivity index (χ4n) is 5.03. The molecule has 5 heteroatoms. The lowest BCUT2D eigenvalue weighted by molar-refractivity contribution is -0.0352. The topological polar surface area (TPSA) is 40.2 Å². The summed E-state index contributed by atoms with van der Waals surface area (Å²) < 4.78 is 23.4. The molecule has 0 amide bonds. The number of methoxy groups -OCH3 is 2. The van der Waals surface area contributed by atoms with E-state index in [1.807, 2.05) is 6.07 Å². The van der Waals surface area contributed by atoms with Crippen molar-refractivity contribution in [3.63, 3.8) is 0 Å². The Kier molecular flexibility index (Phi) is 8.43. The fourth-order valence-corrected chi connectivity index (χ4v) is 5.03. The van der Waals surface area contributed by atoms with E-state index in [-0.39, 0.29) is 0 Å². The average Bonchev–Trinajstić information content (AvgIpc) is 3.32. The predicted molar refractivity (Wildman–Crippen MR) is 126 cm³/mol. The minimum Gasteiger partial charge on any atom is -0.493 e. The lowest BCUT2D eigenvalue weighted by atomic mass is 9.91. The summed E-state index contributed by atoms with van der Waals surface area (Å²) in [6, 6.07) is 17.1. The third kappa shape index (κ3) is 6.03. The summed E-state index contributed by atoms with van der Waals surface area (Å²) in [4.78, 5) is 2.62. The second-order valence-electron chi connectivity index (χ2n) is 8.90. The molecule has 0 unspecified atom stereocenters. The maximum Gasteiger partial charge on any atom is 0.160 e. The zero-order valence-corrected chi connectivity index (χ0v) is 19.5. The first-order valence-corrected chi connectivity index (χ1v) is 12.0. The van der Waals surface area contributed by atoms with Crippen LogP contribution in [0.2, 0.25) is 0 Å². The smallest absolute Gasteiger partial charge is 0.160 e. The van der Waals surface area contributed by atoms with Crippen LogP contribution in [-0.2, 0) is 22.5 Å². The van der Waals surface area contributed by atoms with Crippen molar-refractivity contribution >= 4 is 0 Å². The molecule has 2 fully saturated rings. The standard InChI is InChI=1S/C27H37NO4/c1-29-26-13-12-21(18-27(26)30-2)15-17-31-25-11-7-6-10-24(25)28-16-14-23(19-28)32-20-22-8-4-3-5-9-22/h3-5,8-9,12-13,18,23-25H,6-7,10-11,14-17,19-20H2,1-2H3/t23-,24-,25-/m0/s1. The second kappa shape index (κ2) is 11.7. The Morgan fingerprint density at radius 2 is 1.66 bits per heavy atom. The van der Waals surface area contributed by atoms with Crippen LogP contribution in [0.5, 0.6) is 11.5 Å². The van der Waals surface area contributed by atoms with E-state index in [2.05, 4.69) is 47.4 Å². The number of hydrogen-bond acceptors (Lipinski definition) is 5. The van der Waals surface area contributed by atoms with E-state index >= 15 is 0 Å². The van der Waals surface area contributed by atoms with Crippen LogP contribution >= 0.6 is 0 Å². The molecule has 32 heavy (non-hydrogen) atoms. The van der Waals surface area contributed by atoms with Gasteiger partial charge >= 0.3 is 0 Å². The average molecular weight is 440 g/mol. The minimum atomic E-state index is 0.316. The van der Waals surface area contributed by atoms with E-state index in [0.717, 1.165) is 50.5 Å². The number of ether oxygens (including phenoxy) is 4. The van der Waals surface area contributed by atoms with Gasteiger partial charge in [0.1, 0.15) is 0 Å². The van der Waals surface area contributed by atoms with E-state index in [9.17, 15) is 0 Å². The molecule has 5 nitrogen and oxygen atoms in total. The Balaban J connectivity index is 1.26. The maximum atomic E-state index is 6.45. The van der Waals surface area contributed by atoms with Crippen molar-refractivity contribution in [2.75, 3.05) is 33.9 Å². The van der Waals surface area contributed by atoms with Gasteiger partial charge < -0.3 is 18.9 Å². The lowest BCUT2D eigenvalue weighted by Gasteiger charge is -2.37. The van der Waals surface area contributed by atoms with Crippen LogP contribution in [0.1, 0.15) is 43.2 Å². The summed E-state index contributed by atoms with van der Waals surface area (Å²) in [5.74, 6) is 1.54. The van der Waals surface area contributed by atoms with Crippen LogP contribution in [0.15, 0.2) is 48.5 Å². The molecule has 174 valence electrons. The Labute approximate surface area is 192 Å². The van der Waals surface area contributed by atoms with Gasteiger partial charge in [-0.1, -0.05) is 49.2 Å². The third-order valence-electron chi connectivity index (χ3n) is 6.81. The summed E-state index contributed by atoms with van der Waals surface area (Å²) in [5.41, 5.74) is 2.46. The number of likely N-dealkylation sites (tertiary alicyclic amines) is 1. The van der Waals surface area contributed by atoms with Gasteiger partial charge in [0.2, 0.25) is 0 Å². The van der Waals surface area contributed by atoms with E-state index in [1.165, 1.54) is 30.4 Å². The highest BCUT2D eigenvalue weighted by Gasteiger charge is 2.35. The maximum absolute atomic E-state index is 6.45. The summed E-state index contributed by atoms with van der Waals surface area (Å²) >= 11 is 0. The van der Waals surface area contributed by atoms with Crippen molar-refractivity contribution in [3.8, 4) is 11.5 Å². The van der Waals surface area contributed by atoms with Crippen LogP contribution in [-0.4, -0.2) is 57.1 Å². The lowest BCUT2D eigenvalue weighted by Crippen LogP contribution is -2.46. The van der Waals surface area contributed by atoms with Crippen LogP contribution in [0.25, 0.3) is 0 Å². The molecule has 3 atom stereocenters. The third-order valence-corrected chi connectivity index (χ3v) is 6.81. The molecule has 2 aromatic carbocycles. The highest BCUT2D eigenvalue weighted by Crippen LogP contribution is 2.30. The molecule has 0 aromatic heterocycles. The summed E-state index contributed by atoms with van der Waals surface area (Å²) in [7, 11) is 3.34. The van der Waals surface area contributed by atoms with Crippen LogP contribution in [0.4, 0.5) is 0 Å². The Morgan fingerprint density at radius 1 is 0.844 bits per heavy atom. The van der Waals surface area contributed by atoms with Crippen LogP contribution in [0.3, 0.4) is 0 Å². The monoisotopic (exact) mass is 439 g/mol. The van der Waals surface area contributed by atoms with Crippen molar-refractivity contribution in [3.05, 3.63) is 59.7 Å². The first-order valence-electron chi connectivity index (χ1n) is 12.0. The summed E-state index contributed by atoms with van der Waals surface area (Å²) in [6.07, 6.45) is 7.58. The SMILES string of the molecule is COc1ccc(CCO[C@H]2CCCC[C@@H]2N2CC[C@H](OCc3ccccc3)C2)cc1OC. The van der Waals surface area contributed by atoms with Crippen molar-refractivity contribution in [2.45, 2.75) is 63.4 Å². The molecular weight excluding hydrogens is 402 g/mol. The van der Waals surface area contributed by atoms with E-state index in [1.54, 1.807) is 14.2 Å². The highest BCUT2D eigenvalue weighted by atomic mass is 16.5. The molecule has 0 bridgehead atoms. The number of hydrogen-bond donors (Lipinski definition) is 0. The molecule has 2 aliphatic rings. The molecule has 0 N–H and O–H groups in total. The minimum absolute atomic E-state index is 0.316. The molecule has 0 radical (unpaired) electrons. The van der Waals surface area contributed by atoms with Gasteiger partial charge in [0.25, 0.3) is 0 Å². The Bertz CT molecular complexity index is 828. The summed E-state index contributed by atoms with van der Waals surface area (Å²) in [5, 5.41) is 0. The zero-order valence-electron chi connectivity index (χ0n) is 19.5. The molecule has 2 aromatic rings. The van der Waals surface area contributed by atoms with Gasteiger partial charge in [-0.05, 0) is 48.9 Å². The highest BCUT2D eigenvalue weighted by molar-refractivity contribution is 5.42. The first kappa shape index (κ1) is 23.1. The predicted octanol–water partition coefficient (Wildman–Crippen LogP) is 4.87. The number of nitrogens with zero attached hydrogens (tertiary/aromatic N) is 1. The molecule has 1 heterocycles. The number of benzene rings is 2. The Morgan fingerprint density at radius 3 is 2.47 bits per heavy atom. The van der Waals surface area contributed by atoms with Crippen molar-refractivity contribution < 1.29 is 18.9 Å². The first-order chi connectivity index (χ1) is 15.8. The largest absolute Gasteiger partial charge is 0.493 e. The van der Waals surface area contributed by atoms with Crippen LogP contribution < -0.4 is 9.47 Å². The molecule has 1 aliphatic carbocycles. The van der Waals surface area contributed by atoms with Gasteiger partial charge in [-0.15, -0.1) is 0 Å². The molecule has 1 aliphatic heterocycles. The van der Waals surface area contributed by atoms with Crippen molar-refractivity contribution in [1.82, 2.24) is 4.90 Å². The second-order valence-corrected chi connectivity index (χ2v) is 8.90. The van der Waals surface area contributed by atoms with E-state index < -0.39 is 0 Å². The molecule has 1 saturated heterocycles. The van der Waals surface area contributed by atoms with Crippen molar-refractivity contribution in [1.29, 1.82) is 0 Å². The van der Waals surface area contributed by atoms with Gasteiger partial charge in [-0.3, -0.25) is 4.90 Å². The molecular formula is C27H37NO4. The normalized spacial score (nSPS) is 23.9. The van der Waals surface area contributed by atoms with Crippen molar-refractivity contribution in [2.24, 2.45) is 0 Å². The quantitative estimate of drug-likeness (QED) is 0.528. The van der Waals surface area contributed by atoms with Gasteiger partial charge in [-0.2, -0.15) is 0 Å². The van der Waals surface area contributed by atoms with Gasteiger partial charge in [0.15, 0.2) is 11.5 Å². The van der Waals surface area contributed by atoms with E-state index in [4.69, 9.17) is 18.9 Å². The zero-order chi connectivity index (χ0) is 22.2. The molecule has 4 rings (SSSR count). The van der Waals surface area contributed by atoms with Gasteiger partial charge in [-0.25, -0.2) is 0 Å². The number of rotatable bonds is 10. The Hall–Kier alpha value is -2.08.